The fourth-order valence-electron chi connectivity index (χ4n) is 3.29. The van der Waals surface area contributed by atoms with Crippen molar-refractivity contribution >= 4 is 5.78 Å². The molecular weight excluding hydrogens is 388 g/mol. The third-order valence-electron chi connectivity index (χ3n) is 5.53. The molecule has 4 heteroatoms. The van der Waals surface area contributed by atoms with Crippen LogP contribution in [0.3, 0.4) is 0 Å². The van der Waals surface area contributed by atoms with Crippen molar-refractivity contribution in [2.75, 3.05) is 0 Å². The summed E-state index contributed by atoms with van der Waals surface area (Å²) in [6.45, 7) is 11.1. The standard InChI is InChI=1S/C27H40O4/c1-19(10-8-12-21(3)14-16-25(29)27(5,6)31)9-7-11-20(2)13-15-23-18-24(28)17-22(4)26(23)30/h9,12-13,17-18,28,30-31H,7-8,10-11,14-16H2,1-6H3. The molecule has 0 heterocycles. The maximum atomic E-state index is 11.8. The fourth-order valence-corrected chi connectivity index (χ4v) is 3.29. The van der Waals surface area contributed by atoms with E-state index in [-0.39, 0.29) is 17.3 Å². The summed E-state index contributed by atoms with van der Waals surface area (Å²) in [6, 6.07) is 3.18. The van der Waals surface area contributed by atoms with E-state index >= 15 is 0 Å². The number of aryl methyl sites for hydroxylation is 1. The zero-order chi connectivity index (χ0) is 23.6. The number of rotatable bonds is 12. The number of carbonyl (C=O) groups is 1. The molecule has 0 aliphatic heterocycles. The highest BCUT2D eigenvalue weighted by molar-refractivity contribution is 5.86. The summed E-state index contributed by atoms with van der Waals surface area (Å²) in [5, 5.41) is 29.5. The van der Waals surface area contributed by atoms with E-state index in [2.05, 4.69) is 32.1 Å². The van der Waals surface area contributed by atoms with Gasteiger partial charge in [0.05, 0.1) is 0 Å². The Bertz CT molecular complexity index is 836. The van der Waals surface area contributed by atoms with Gasteiger partial charge in [0.1, 0.15) is 17.1 Å². The minimum atomic E-state index is -1.24. The lowest BCUT2D eigenvalue weighted by atomic mass is 9.97. The van der Waals surface area contributed by atoms with E-state index in [1.54, 1.807) is 19.1 Å². The number of aliphatic hydroxyl groups is 1. The molecular formula is C27H40O4. The third kappa shape index (κ3) is 10.5. The number of carbonyl (C=O) groups excluding carboxylic acids is 1. The van der Waals surface area contributed by atoms with Gasteiger partial charge in [0.15, 0.2) is 5.78 Å². The molecule has 31 heavy (non-hydrogen) atoms. The normalized spacial score (nSPS) is 13.6. The number of benzene rings is 1. The Morgan fingerprint density at radius 1 is 0.871 bits per heavy atom. The van der Waals surface area contributed by atoms with Crippen LogP contribution in [-0.4, -0.2) is 26.7 Å². The highest BCUT2D eigenvalue weighted by Gasteiger charge is 2.22. The second-order valence-electron chi connectivity index (χ2n) is 9.19. The molecule has 1 rings (SSSR count). The van der Waals surface area contributed by atoms with Crippen LogP contribution in [0.4, 0.5) is 0 Å². The summed E-state index contributed by atoms with van der Waals surface area (Å²) in [6.07, 6.45) is 12.1. The Balaban J connectivity index is 2.40. The Labute approximate surface area is 188 Å². The van der Waals surface area contributed by atoms with Gasteiger partial charge in [0, 0.05) is 12.0 Å². The van der Waals surface area contributed by atoms with E-state index < -0.39 is 5.60 Å². The van der Waals surface area contributed by atoms with E-state index in [9.17, 15) is 20.1 Å². The fraction of sp³-hybridized carbons (Fsp3) is 0.519. The maximum Gasteiger partial charge on any atom is 0.164 e. The van der Waals surface area contributed by atoms with E-state index in [1.807, 2.05) is 6.92 Å². The van der Waals surface area contributed by atoms with Crippen molar-refractivity contribution in [2.45, 2.75) is 92.1 Å². The van der Waals surface area contributed by atoms with Crippen LogP contribution in [0.5, 0.6) is 11.5 Å². The van der Waals surface area contributed by atoms with Crippen molar-refractivity contribution in [3.8, 4) is 11.5 Å². The zero-order valence-corrected chi connectivity index (χ0v) is 20.1. The molecule has 0 saturated heterocycles. The monoisotopic (exact) mass is 428 g/mol. The van der Waals surface area contributed by atoms with Gasteiger partial charge in [-0.25, -0.2) is 0 Å². The Hall–Kier alpha value is -2.33. The average Bonchev–Trinajstić information content (AvgIpc) is 2.66. The largest absolute Gasteiger partial charge is 0.508 e. The van der Waals surface area contributed by atoms with Gasteiger partial charge in [0.2, 0.25) is 0 Å². The molecule has 1 aromatic carbocycles. The summed E-state index contributed by atoms with van der Waals surface area (Å²) in [5.74, 6) is 0.322. The minimum absolute atomic E-state index is 0.117. The first-order chi connectivity index (χ1) is 14.4. The predicted octanol–water partition coefficient (Wildman–Crippen LogP) is 6.47. The van der Waals surface area contributed by atoms with E-state index in [0.717, 1.165) is 31.2 Å². The lowest BCUT2D eigenvalue weighted by Crippen LogP contribution is -2.30. The van der Waals surface area contributed by atoms with Crippen LogP contribution in [0.25, 0.3) is 0 Å². The number of aromatic hydroxyl groups is 2. The second kappa shape index (κ2) is 12.5. The average molecular weight is 429 g/mol. The van der Waals surface area contributed by atoms with Gasteiger partial charge in [-0.2, -0.15) is 0 Å². The number of allylic oxidation sites excluding steroid dienone is 6. The molecule has 0 atom stereocenters. The van der Waals surface area contributed by atoms with Crippen molar-refractivity contribution in [3.63, 3.8) is 0 Å². The van der Waals surface area contributed by atoms with E-state index in [0.29, 0.717) is 24.8 Å². The van der Waals surface area contributed by atoms with Crippen molar-refractivity contribution in [1.82, 2.24) is 0 Å². The number of phenols is 2. The molecule has 0 aliphatic rings. The van der Waals surface area contributed by atoms with Crippen LogP contribution in [0.2, 0.25) is 0 Å². The quantitative estimate of drug-likeness (QED) is 0.263. The number of Topliss-reactive ketones (excluding diaryl/α,β-unsaturated/α-hetero) is 1. The van der Waals surface area contributed by atoms with Crippen LogP contribution < -0.4 is 0 Å². The van der Waals surface area contributed by atoms with E-state index in [4.69, 9.17) is 0 Å². The van der Waals surface area contributed by atoms with Gasteiger partial charge in [-0.05, 0) is 97.8 Å². The highest BCUT2D eigenvalue weighted by atomic mass is 16.3. The number of hydrogen-bond donors (Lipinski definition) is 3. The summed E-state index contributed by atoms with van der Waals surface area (Å²) < 4.78 is 0. The van der Waals surface area contributed by atoms with Gasteiger partial charge in [0.25, 0.3) is 0 Å². The minimum Gasteiger partial charge on any atom is -0.508 e. The molecule has 0 bridgehead atoms. The SMILES string of the molecule is CC(=CCCC(C)=CCc1cc(O)cc(C)c1O)CCC=C(C)CCC(=O)C(C)(C)O. The Morgan fingerprint density at radius 3 is 1.94 bits per heavy atom. The van der Waals surface area contributed by atoms with Gasteiger partial charge in [-0.1, -0.05) is 34.9 Å². The molecule has 0 radical (unpaired) electrons. The number of phenolic OH excluding ortho intramolecular Hbond substituents is 2. The smallest absolute Gasteiger partial charge is 0.164 e. The van der Waals surface area contributed by atoms with Crippen LogP contribution in [0.15, 0.2) is 47.1 Å². The molecule has 0 unspecified atom stereocenters. The van der Waals surface area contributed by atoms with Gasteiger partial charge < -0.3 is 15.3 Å². The lowest BCUT2D eigenvalue weighted by molar-refractivity contribution is -0.134. The molecule has 172 valence electrons. The first-order valence-corrected chi connectivity index (χ1v) is 11.1. The highest BCUT2D eigenvalue weighted by Crippen LogP contribution is 2.28. The Morgan fingerprint density at radius 2 is 1.39 bits per heavy atom. The van der Waals surface area contributed by atoms with E-state index in [1.165, 1.54) is 30.6 Å². The number of ketones is 1. The van der Waals surface area contributed by atoms with Gasteiger partial charge in [-0.3, -0.25) is 4.79 Å². The summed E-state index contributed by atoms with van der Waals surface area (Å²) in [7, 11) is 0. The van der Waals surface area contributed by atoms with Crippen LogP contribution in [0, 0.1) is 6.92 Å². The van der Waals surface area contributed by atoms with Crippen molar-refractivity contribution in [2.24, 2.45) is 0 Å². The molecule has 1 aromatic rings. The molecule has 0 aromatic heterocycles. The molecule has 4 nitrogen and oxygen atoms in total. The molecule has 0 fully saturated rings. The third-order valence-corrected chi connectivity index (χ3v) is 5.53. The lowest BCUT2D eigenvalue weighted by Gasteiger charge is -2.15. The van der Waals surface area contributed by atoms with Crippen LogP contribution >= 0.6 is 0 Å². The number of hydrogen-bond acceptors (Lipinski definition) is 4. The van der Waals surface area contributed by atoms with Crippen molar-refractivity contribution in [1.29, 1.82) is 0 Å². The molecule has 3 N–H and O–H groups in total. The summed E-state index contributed by atoms with van der Waals surface area (Å²) in [5.41, 5.74) is 3.99. The van der Waals surface area contributed by atoms with Crippen molar-refractivity contribution < 1.29 is 20.1 Å². The zero-order valence-electron chi connectivity index (χ0n) is 20.1. The predicted molar refractivity (Wildman–Crippen MR) is 128 cm³/mol. The second-order valence-corrected chi connectivity index (χ2v) is 9.19. The molecule has 0 aliphatic carbocycles. The molecule has 0 amide bonds. The van der Waals surface area contributed by atoms with Crippen LogP contribution in [0.1, 0.15) is 84.3 Å². The van der Waals surface area contributed by atoms with Crippen molar-refractivity contribution in [3.05, 3.63) is 58.2 Å². The topological polar surface area (TPSA) is 77.8 Å². The Kier molecular flexibility index (Phi) is 10.8. The maximum absolute atomic E-state index is 11.8. The van der Waals surface area contributed by atoms with Gasteiger partial charge >= 0.3 is 0 Å². The summed E-state index contributed by atoms with van der Waals surface area (Å²) >= 11 is 0. The molecule has 0 spiro atoms. The first-order valence-electron chi connectivity index (χ1n) is 11.1. The first kappa shape index (κ1) is 26.7. The van der Waals surface area contributed by atoms with Crippen LogP contribution in [-0.2, 0) is 11.2 Å². The summed E-state index contributed by atoms with van der Waals surface area (Å²) in [4.78, 5) is 11.8. The molecule has 0 saturated carbocycles. The van der Waals surface area contributed by atoms with Gasteiger partial charge in [-0.15, -0.1) is 0 Å².